The Balaban J connectivity index is 3.20. The van der Waals surface area contributed by atoms with Gasteiger partial charge in [-0.3, -0.25) is 4.79 Å². The van der Waals surface area contributed by atoms with E-state index in [9.17, 15) is 4.79 Å². The molecule has 0 atom stereocenters. The molecule has 0 fully saturated rings. The summed E-state index contributed by atoms with van der Waals surface area (Å²) in [5, 5.41) is 0. The first-order valence-electron chi connectivity index (χ1n) is 3.24. The van der Waals surface area contributed by atoms with Crippen molar-refractivity contribution in [3.8, 4) is 0 Å². The Morgan fingerprint density at radius 3 is 2.67 bits per heavy atom. The first-order valence-corrected chi connectivity index (χ1v) is 3.24. The Morgan fingerprint density at radius 2 is 2.33 bits per heavy atom. The second kappa shape index (κ2) is 5.56. The number of hydrogen-bond donors (Lipinski definition) is 1. The second-order valence-electron chi connectivity index (χ2n) is 1.88. The zero-order chi connectivity index (χ0) is 7.11. The van der Waals surface area contributed by atoms with Gasteiger partial charge in [0.2, 0.25) is 6.41 Å². The molecule has 54 valence electrons. The molecule has 0 radical (unpaired) electrons. The van der Waals surface area contributed by atoms with Gasteiger partial charge < -0.3 is 10.6 Å². The van der Waals surface area contributed by atoms with Gasteiger partial charge in [-0.25, -0.2) is 0 Å². The predicted octanol–water partition coefficient (Wildman–Crippen LogP) is -0.186. The van der Waals surface area contributed by atoms with Crippen molar-refractivity contribution in [3.05, 3.63) is 0 Å². The number of nitrogens with two attached hydrogens (primary N) is 1. The Labute approximate surface area is 55.8 Å². The summed E-state index contributed by atoms with van der Waals surface area (Å²) in [6.07, 6.45) is 1.75. The van der Waals surface area contributed by atoms with Gasteiger partial charge in [-0.15, -0.1) is 0 Å². The van der Waals surface area contributed by atoms with E-state index in [0.29, 0.717) is 6.54 Å². The molecule has 0 saturated carbocycles. The average molecular weight is 130 g/mol. The summed E-state index contributed by atoms with van der Waals surface area (Å²) in [4.78, 5) is 11.8. The molecule has 0 saturated heterocycles. The molecule has 9 heavy (non-hydrogen) atoms. The van der Waals surface area contributed by atoms with Gasteiger partial charge in [0.15, 0.2) is 0 Å². The normalized spacial score (nSPS) is 9.11. The van der Waals surface area contributed by atoms with E-state index in [4.69, 9.17) is 5.73 Å². The highest BCUT2D eigenvalue weighted by molar-refractivity contribution is 5.46. The number of carbonyl (C=O) groups is 1. The zero-order valence-corrected chi connectivity index (χ0v) is 5.84. The third kappa shape index (κ3) is 3.97. The fourth-order valence-corrected chi connectivity index (χ4v) is 0.580. The van der Waals surface area contributed by atoms with E-state index in [1.165, 1.54) is 0 Å². The van der Waals surface area contributed by atoms with Crippen LogP contribution in [0.2, 0.25) is 0 Å². The molecule has 0 aromatic heterocycles. The predicted molar refractivity (Wildman–Crippen MR) is 37.0 cm³/mol. The van der Waals surface area contributed by atoms with Crippen LogP contribution in [0.4, 0.5) is 0 Å². The lowest BCUT2D eigenvalue weighted by Crippen LogP contribution is -2.24. The monoisotopic (exact) mass is 130 g/mol. The summed E-state index contributed by atoms with van der Waals surface area (Å²) >= 11 is 0. The lowest BCUT2D eigenvalue weighted by atomic mass is 10.4. The van der Waals surface area contributed by atoms with Crippen molar-refractivity contribution >= 4 is 6.41 Å². The van der Waals surface area contributed by atoms with Crippen LogP contribution in [-0.2, 0) is 4.79 Å². The molecule has 0 aliphatic rings. The molecule has 0 unspecified atom stereocenters. The van der Waals surface area contributed by atoms with E-state index in [1.807, 2.05) is 6.92 Å². The minimum absolute atomic E-state index is 0.657. The second-order valence-corrected chi connectivity index (χ2v) is 1.88. The molecule has 0 rings (SSSR count). The van der Waals surface area contributed by atoms with Gasteiger partial charge in [-0.2, -0.15) is 0 Å². The van der Waals surface area contributed by atoms with Crippen molar-refractivity contribution < 1.29 is 4.79 Å². The first kappa shape index (κ1) is 8.43. The Kier molecular flexibility index (Phi) is 5.21. The zero-order valence-electron chi connectivity index (χ0n) is 5.84. The van der Waals surface area contributed by atoms with Crippen LogP contribution in [0.5, 0.6) is 0 Å². The summed E-state index contributed by atoms with van der Waals surface area (Å²) < 4.78 is 0. The Morgan fingerprint density at radius 1 is 1.67 bits per heavy atom. The van der Waals surface area contributed by atoms with Crippen molar-refractivity contribution in [2.24, 2.45) is 5.73 Å². The summed E-state index contributed by atoms with van der Waals surface area (Å²) in [5.74, 6) is 0. The van der Waals surface area contributed by atoms with Crippen molar-refractivity contribution in [1.82, 2.24) is 4.90 Å². The smallest absolute Gasteiger partial charge is 0.209 e. The maximum Gasteiger partial charge on any atom is 0.209 e. The van der Waals surface area contributed by atoms with Crippen LogP contribution < -0.4 is 5.73 Å². The fourth-order valence-electron chi connectivity index (χ4n) is 0.580. The van der Waals surface area contributed by atoms with Gasteiger partial charge in [0.25, 0.3) is 0 Å². The van der Waals surface area contributed by atoms with Crippen LogP contribution in [0, 0.1) is 0 Å². The number of carbonyl (C=O) groups excluding carboxylic acids is 1. The molecule has 0 aliphatic heterocycles. The highest BCUT2D eigenvalue weighted by Crippen LogP contribution is 1.83. The standard InChI is InChI=1S/C6H14N2O/c1-2-8(6-9)5-3-4-7/h6H,2-5,7H2,1H3. The van der Waals surface area contributed by atoms with E-state index in [1.54, 1.807) is 4.90 Å². The van der Waals surface area contributed by atoms with E-state index in [2.05, 4.69) is 0 Å². The lowest BCUT2D eigenvalue weighted by molar-refractivity contribution is -0.118. The number of amides is 1. The summed E-state index contributed by atoms with van der Waals surface area (Å²) in [5.41, 5.74) is 5.24. The molecule has 3 heteroatoms. The molecular formula is C6H14N2O. The molecule has 0 heterocycles. The fraction of sp³-hybridized carbons (Fsp3) is 0.833. The van der Waals surface area contributed by atoms with Gasteiger partial charge in [0, 0.05) is 13.1 Å². The highest BCUT2D eigenvalue weighted by atomic mass is 16.1. The number of hydrogen-bond acceptors (Lipinski definition) is 2. The summed E-state index contributed by atoms with van der Waals surface area (Å²) in [6.45, 7) is 4.18. The first-order chi connectivity index (χ1) is 4.35. The van der Waals surface area contributed by atoms with Crippen molar-refractivity contribution in [2.45, 2.75) is 13.3 Å². The average Bonchev–Trinajstić information content (AvgIpc) is 1.91. The molecular weight excluding hydrogens is 116 g/mol. The highest BCUT2D eigenvalue weighted by Gasteiger charge is 1.93. The van der Waals surface area contributed by atoms with Gasteiger partial charge in [0.05, 0.1) is 0 Å². The number of rotatable bonds is 5. The minimum Gasteiger partial charge on any atom is -0.345 e. The molecule has 0 aromatic carbocycles. The topological polar surface area (TPSA) is 46.3 Å². The van der Waals surface area contributed by atoms with E-state index < -0.39 is 0 Å². The van der Waals surface area contributed by atoms with Crippen molar-refractivity contribution in [2.75, 3.05) is 19.6 Å². The molecule has 1 amide bonds. The quantitative estimate of drug-likeness (QED) is 0.524. The van der Waals surface area contributed by atoms with Gasteiger partial charge in [0.1, 0.15) is 0 Å². The van der Waals surface area contributed by atoms with E-state index in [0.717, 1.165) is 25.9 Å². The van der Waals surface area contributed by atoms with Crippen LogP contribution in [0.1, 0.15) is 13.3 Å². The molecule has 0 spiro atoms. The largest absolute Gasteiger partial charge is 0.345 e. The van der Waals surface area contributed by atoms with Crippen LogP contribution in [-0.4, -0.2) is 30.9 Å². The van der Waals surface area contributed by atoms with Crippen molar-refractivity contribution in [1.29, 1.82) is 0 Å². The molecule has 0 aliphatic carbocycles. The van der Waals surface area contributed by atoms with E-state index >= 15 is 0 Å². The van der Waals surface area contributed by atoms with Crippen LogP contribution in [0.3, 0.4) is 0 Å². The Bertz CT molecular complexity index is 75.5. The van der Waals surface area contributed by atoms with Gasteiger partial charge in [-0.1, -0.05) is 0 Å². The van der Waals surface area contributed by atoms with Gasteiger partial charge >= 0.3 is 0 Å². The Hall–Kier alpha value is -0.570. The molecule has 2 N–H and O–H groups in total. The molecule has 3 nitrogen and oxygen atoms in total. The van der Waals surface area contributed by atoms with Crippen LogP contribution in [0.25, 0.3) is 0 Å². The van der Waals surface area contributed by atoms with Gasteiger partial charge in [-0.05, 0) is 19.9 Å². The van der Waals surface area contributed by atoms with Crippen molar-refractivity contribution in [3.63, 3.8) is 0 Å². The maximum atomic E-state index is 10.1. The molecule has 0 bridgehead atoms. The summed E-state index contributed by atoms with van der Waals surface area (Å²) in [7, 11) is 0. The SMILES string of the molecule is CCN(C=O)CCCN. The molecule has 0 aromatic rings. The number of nitrogens with zero attached hydrogens (tertiary/aromatic N) is 1. The third-order valence-electron chi connectivity index (χ3n) is 1.20. The third-order valence-corrected chi connectivity index (χ3v) is 1.20. The van der Waals surface area contributed by atoms with Crippen LogP contribution in [0.15, 0.2) is 0 Å². The lowest BCUT2D eigenvalue weighted by Gasteiger charge is -2.12. The minimum atomic E-state index is 0.657. The van der Waals surface area contributed by atoms with Crippen LogP contribution >= 0.6 is 0 Å². The van der Waals surface area contributed by atoms with E-state index in [-0.39, 0.29) is 0 Å². The summed E-state index contributed by atoms with van der Waals surface area (Å²) in [6, 6.07) is 0. The maximum absolute atomic E-state index is 10.1.